The second-order valence-electron chi connectivity index (χ2n) is 9.85. The summed E-state index contributed by atoms with van der Waals surface area (Å²) in [6.07, 6.45) is 24.5. The van der Waals surface area contributed by atoms with E-state index in [0.29, 0.717) is 0 Å². The van der Waals surface area contributed by atoms with E-state index in [4.69, 9.17) is 0 Å². The highest BCUT2D eigenvalue weighted by molar-refractivity contribution is 6.60. The minimum Gasteiger partial charge on any atom is -1.00 e. The molecule has 0 radical (unpaired) electrons. The van der Waals surface area contributed by atoms with Gasteiger partial charge in [0.2, 0.25) is 0 Å². The van der Waals surface area contributed by atoms with Crippen LogP contribution in [0.1, 0.15) is 0 Å². The fourth-order valence-corrected chi connectivity index (χ4v) is 4.44. The second kappa shape index (κ2) is 13.4. The Bertz CT molecular complexity index is 1030. The number of hydrogen-bond acceptors (Lipinski definition) is 0. The number of nitrogens with zero attached hydrogens (tertiary/aromatic N) is 8. The summed E-state index contributed by atoms with van der Waals surface area (Å²) < 4.78 is 18.5. The third-order valence-electron chi connectivity index (χ3n) is 7.00. The van der Waals surface area contributed by atoms with Gasteiger partial charge in [-0.1, -0.05) is 0 Å². The summed E-state index contributed by atoms with van der Waals surface area (Å²) in [5, 5.41) is 0. The number of fused-ring (bicyclic) bond motifs is 8. The maximum atomic E-state index is 2.34. The molecule has 16 heteroatoms. The first-order valence-corrected chi connectivity index (χ1v) is 11.1. The van der Waals surface area contributed by atoms with Crippen molar-refractivity contribution in [3.8, 4) is 0 Å². The van der Waals surface area contributed by atoms with Crippen LogP contribution in [0.5, 0.6) is 0 Å². The number of rotatable bonds is 0. The second-order valence-corrected chi connectivity index (χ2v) is 9.85. The quantitative estimate of drug-likeness (QED) is 0.168. The van der Waals surface area contributed by atoms with Crippen LogP contribution in [-0.2, 0) is 26.2 Å². The van der Waals surface area contributed by atoms with Gasteiger partial charge in [0.25, 0.3) is 0 Å². The molecule has 5 rings (SSSR count). The van der Waals surface area contributed by atoms with Crippen LogP contribution in [0.4, 0.5) is 0 Å². The van der Waals surface area contributed by atoms with Gasteiger partial charge >= 0.3 is 12.8 Å². The fraction of sp³-hybridized carbons (Fsp3) is 0.400. The lowest BCUT2D eigenvalue weighted by atomic mass is 9.51. The van der Waals surface area contributed by atoms with Crippen LogP contribution in [0.15, 0.2) is 74.9 Å². The third kappa shape index (κ3) is 6.55. The van der Waals surface area contributed by atoms with Gasteiger partial charge in [0.15, 0.2) is 25.3 Å². The third-order valence-corrected chi connectivity index (χ3v) is 7.00. The summed E-state index contributed by atoms with van der Waals surface area (Å²) in [6.45, 7) is 13.0. The minimum absolute atomic E-state index is 0. The molecule has 4 aromatic rings. The van der Waals surface area contributed by atoms with Crippen molar-refractivity contribution in [3.05, 3.63) is 74.9 Å². The molecule has 36 heavy (non-hydrogen) atoms. The Morgan fingerprint density at radius 2 is 0.639 bits per heavy atom. The van der Waals surface area contributed by atoms with Crippen LogP contribution in [0, 0.1) is 0 Å². The molecule has 204 valence electrons. The maximum Gasteiger partial charge on any atom is 0.375 e. The molecule has 1 aliphatic rings. The van der Waals surface area contributed by atoms with Crippen LogP contribution >= 0.6 is 0 Å². The monoisotopic (exact) mass is 636 g/mol. The van der Waals surface area contributed by atoms with E-state index in [1.807, 2.05) is 0 Å². The van der Waals surface area contributed by atoms with E-state index in [1.165, 1.54) is 0 Å². The molecule has 0 amide bonds. The molecule has 0 spiro atoms. The number of aromatic nitrogens is 8. The summed E-state index contributed by atoms with van der Waals surface area (Å²) in [6, 6.07) is 0. The van der Waals surface area contributed by atoms with Gasteiger partial charge in [-0.15, -0.1) is 27.3 Å². The lowest BCUT2D eigenvalue weighted by molar-refractivity contribution is -0.687. The molecule has 8 bridgehead atoms. The zero-order valence-corrected chi connectivity index (χ0v) is 24.4. The Kier molecular flexibility index (Phi) is 13.3. The molecule has 0 saturated carbocycles. The van der Waals surface area contributed by atoms with Gasteiger partial charge in [-0.05, 0) is 0 Å². The van der Waals surface area contributed by atoms with Gasteiger partial charge in [-0.3, -0.25) is 0 Å². The number of halogens is 2. The molecule has 5 heterocycles. The lowest BCUT2D eigenvalue weighted by Crippen LogP contribution is -3.00. The van der Waals surface area contributed by atoms with Gasteiger partial charge < -0.3 is 73.8 Å². The Morgan fingerprint density at radius 3 is 0.833 bits per heavy atom. The molecule has 1 aliphatic heterocycles. The fourth-order valence-electron chi connectivity index (χ4n) is 4.44. The summed E-state index contributed by atoms with van der Waals surface area (Å²) in [5.41, 5.74) is 0. The Hall–Kier alpha value is -2.23. The molecule has 4 aromatic heterocycles. The van der Waals surface area contributed by atoms with E-state index >= 15 is 0 Å². The molecule has 0 fully saturated rings. The first kappa shape index (κ1) is 35.9. The van der Waals surface area contributed by atoms with Gasteiger partial charge in [0, 0.05) is 0 Å². The molecule has 8 N–H and O–H groups in total. The average molecular weight is 638 g/mol. The first-order valence-electron chi connectivity index (χ1n) is 11.1. The largest absolute Gasteiger partial charge is 1.00 e. The topological polar surface area (TPSA) is 161 Å². The van der Waals surface area contributed by atoms with Gasteiger partial charge in [0.05, 0.1) is 24.8 Å². The van der Waals surface area contributed by atoms with Crippen LogP contribution in [-0.4, -0.2) is 53.0 Å². The average Bonchev–Trinajstić information content (AvgIpc) is 3.51. The summed E-state index contributed by atoms with van der Waals surface area (Å²) >= 11 is 0. The number of imidazole rings is 4. The zero-order valence-electron chi connectivity index (χ0n) is 21.2. The summed E-state index contributed by atoms with van der Waals surface area (Å²) in [4.78, 5) is 0. The highest BCUT2D eigenvalue weighted by Gasteiger charge is 2.32. The molecular weight excluding hydrogens is 598 g/mol. The van der Waals surface area contributed by atoms with Crippen molar-refractivity contribution in [2.75, 3.05) is 0 Å². The highest BCUT2D eigenvalue weighted by Crippen LogP contribution is 2.00. The lowest BCUT2D eigenvalue weighted by Gasteiger charge is -2.23. The van der Waals surface area contributed by atoms with Crippen molar-refractivity contribution in [3.63, 3.8) is 0 Å². The van der Waals surface area contributed by atoms with E-state index in [2.05, 4.69) is 138 Å². The first-order chi connectivity index (χ1) is 14.3. The maximum absolute atomic E-state index is 2.34. The van der Waals surface area contributed by atoms with Crippen LogP contribution < -0.4 is 51.9 Å². The number of aryl methyl sites for hydroxylation is 4. The predicted molar refractivity (Wildman–Crippen MR) is 130 cm³/mol. The molecular formula is C20H40B2Br2N8O4. The van der Waals surface area contributed by atoms with Gasteiger partial charge in [0.1, 0.15) is 51.0 Å². The zero-order chi connectivity index (χ0) is 20.9. The normalized spacial score (nSPS) is 15.0. The summed E-state index contributed by atoms with van der Waals surface area (Å²) in [5.74, 6) is 0. The van der Waals surface area contributed by atoms with E-state index in [0.717, 1.165) is 26.2 Å². The van der Waals surface area contributed by atoms with Gasteiger partial charge in [-0.25, -0.2) is 18.3 Å². The molecule has 0 aromatic carbocycles. The summed E-state index contributed by atoms with van der Waals surface area (Å²) in [7, 11) is 0. The Morgan fingerprint density at radius 1 is 0.444 bits per heavy atom. The standard InChI is InChI=1S/C20H32B2N8.2BrH.4H2O/c1-21(2)27-13-9-23(17-27)5-7-25-11-15-29(19-25)22(3,4)30-16-12-26(20-30)8-6-24-10-14-28(21)18-24;;;;;;/h9-20H,5-8H2,1-4H3;2*1H;4*1H2/q+2;;;;;;/p-2. The van der Waals surface area contributed by atoms with E-state index in [9.17, 15) is 0 Å². The van der Waals surface area contributed by atoms with E-state index < -0.39 is 12.8 Å². The SMILES string of the molecule is C[B-]1(C)[n+]2ccn(c2)CCn2cc[n+](c2)[B-](C)(C)[n+]2ccn(c2)CCn2cc[n+]1c2.O.O.O.O.[Br-].[Br-]. The molecule has 0 unspecified atom stereocenters. The van der Waals surface area contributed by atoms with Crippen molar-refractivity contribution in [1.82, 2.24) is 18.3 Å². The molecule has 0 atom stereocenters. The van der Waals surface area contributed by atoms with Crippen LogP contribution in [0.2, 0.25) is 27.3 Å². The van der Waals surface area contributed by atoms with Gasteiger partial charge in [-0.2, -0.15) is 0 Å². The van der Waals surface area contributed by atoms with Crippen molar-refractivity contribution in [2.45, 2.75) is 53.5 Å². The van der Waals surface area contributed by atoms with Crippen LogP contribution in [0.25, 0.3) is 0 Å². The molecule has 0 saturated heterocycles. The Balaban J connectivity index is 0. The molecule has 0 aliphatic carbocycles. The van der Waals surface area contributed by atoms with Crippen molar-refractivity contribution < 1.29 is 73.8 Å². The minimum atomic E-state index is -0.931. The van der Waals surface area contributed by atoms with Crippen molar-refractivity contribution in [1.29, 1.82) is 0 Å². The highest BCUT2D eigenvalue weighted by atomic mass is 79.9. The predicted octanol–water partition coefficient (Wildman–Crippen LogP) is -9.34. The number of hydrogen-bond donors (Lipinski definition) is 0. The Labute approximate surface area is 232 Å². The van der Waals surface area contributed by atoms with E-state index in [1.54, 1.807) is 0 Å². The van der Waals surface area contributed by atoms with Crippen molar-refractivity contribution >= 4 is 12.8 Å². The van der Waals surface area contributed by atoms with Crippen LogP contribution in [0.3, 0.4) is 0 Å². The smallest absolute Gasteiger partial charge is 0.375 e. The molecule has 12 nitrogen and oxygen atoms in total. The van der Waals surface area contributed by atoms with E-state index in [-0.39, 0.29) is 55.9 Å². The van der Waals surface area contributed by atoms with Crippen molar-refractivity contribution in [2.24, 2.45) is 0 Å².